The normalized spacial score (nSPS) is 30.9. The fourth-order valence-electron chi connectivity index (χ4n) is 2.52. The highest BCUT2D eigenvalue weighted by Crippen LogP contribution is 2.52. The number of hydrogen-bond donors (Lipinski definition) is 2. The van der Waals surface area contributed by atoms with Gasteiger partial charge in [-0.3, -0.25) is 0 Å². The molecule has 0 bridgehead atoms. The van der Waals surface area contributed by atoms with Crippen molar-refractivity contribution in [1.82, 2.24) is 4.57 Å². The zero-order chi connectivity index (χ0) is 14.5. The first-order valence-electron chi connectivity index (χ1n) is 5.46. The summed E-state index contributed by atoms with van der Waals surface area (Å²) in [4.78, 5) is 0. The van der Waals surface area contributed by atoms with Crippen molar-refractivity contribution in [2.24, 2.45) is 0 Å². The average Bonchev–Trinajstić information content (AvgIpc) is 2.84. The molecule has 1 aliphatic heterocycles. The number of hydrogen-bond acceptors (Lipinski definition) is 4. The summed E-state index contributed by atoms with van der Waals surface area (Å²) in [5, 5.41) is 20.4. The van der Waals surface area contributed by atoms with Crippen LogP contribution in [0.1, 0.15) is 12.1 Å². The van der Waals surface area contributed by atoms with Gasteiger partial charge in [-0.05, 0) is 12.1 Å². The van der Waals surface area contributed by atoms with E-state index in [0.717, 1.165) is 10.6 Å². The topological polar surface area (TPSA) is 63.9 Å². The number of nitrogens with zero attached hydrogens (tertiary/aromatic N) is 1. The summed E-state index contributed by atoms with van der Waals surface area (Å²) >= 11 is 0. The lowest BCUT2D eigenvalue weighted by molar-refractivity contribution is -0.300. The second kappa shape index (κ2) is 4.20. The van der Waals surface area contributed by atoms with Gasteiger partial charge >= 0.3 is 6.18 Å². The Morgan fingerprint density at radius 3 is 2.37 bits per heavy atom. The first-order valence-corrected chi connectivity index (χ1v) is 5.46. The summed E-state index contributed by atoms with van der Waals surface area (Å²) in [7, 11) is 2.39. The van der Waals surface area contributed by atoms with Gasteiger partial charge < -0.3 is 24.3 Å². The molecule has 2 rings (SSSR count). The third kappa shape index (κ3) is 1.78. The molecule has 2 N–H and O–H groups in total. The van der Waals surface area contributed by atoms with E-state index in [0.29, 0.717) is 0 Å². The van der Waals surface area contributed by atoms with Gasteiger partial charge in [0.25, 0.3) is 0 Å². The predicted molar refractivity (Wildman–Crippen MR) is 57.0 cm³/mol. The second-order valence-corrected chi connectivity index (χ2v) is 4.48. The molecule has 5 nitrogen and oxygen atoms in total. The summed E-state index contributed by atoms with van der Waals surface area (Å²) in [6, 6.07) is 2.41. The minimum atomic E-state index is -4.92. The molecule has 0 spiro atoms. The smallest absolute Gasteiger partial charge is 0.375 e. The molecule has 0 saturated heterocycles. The van der Waals surface area contributed by atoms with Crippen LogP contribution in [0.15, 0.2) is 18.3 Å². The number of alkyl halides is 3. The Labute approximate surface area is 107 Å². The van der Waals surface area contributed by atoms with E-state index in [1.54, 1.807) is 0 Å². The van der Waals surface area contributed by atoms with E-state index in [9.17, 15) is 23.4 Å². The molecular weight excluding hydrogens is 267 g/mol. The summed E-state index contributed by atoms with van der Waals surface area (Å²) in [6.45, 7) is 0. The van der Waals surface area contributed by atoms with Crippen LogP contribution in [0.25, 0.3) is 0 Å². The maximum absolute atomic E-state index is 13.1. The highest BCUT2D eigenvalue weighted by Gasteiger charge is 2.66. The first kappa shape index (κ1) is 14.3. The molecule has 0 fully saturated rings. The number of ether oxygens (including phenoxy) is 2. The van der Waals surface area contributed by atoms with E-state index in [2.05, 4.69) is 0 Å². The fourth-order valence-corrected chi connectivity index (χ4v) is 2.52. The standard InChI is InChI=1S/C11H14F3NO4/c1-18-8(19-2)10(17)6-9(16,11(12,13)14)7-4-3-5-15(7)10/h3-5,8,16-17H,6H2,1-2H3. The Kier molecular flexibility index (Phi) is 3.17. The van der Waals surface area contributed by atoms with Crippen molar-refractivity contribution in [1.29, 1.82) is 0 Å². The maximum atomic E-state index is 13.1. The molecule has 1 aromatic heterocycles. The summed E-state index contributed by atoms with van der Waals surface area (Å²) in [5.74, 6) is 0. The number of aromatic nitrogens is 1. The number of aliphatic hydroxyl groups is 2. The Bertz CT molecular complexity index is 471. The molecule has 0 aliphatic carbocycles. The Balaban J connectivity index is 2.55. The molecule has 0 aromatic carbocycles. The van der Waals surface area contributed by atoms with Crippen LogP contribution in [-0.4, -0.2) is 41.5 Å². The van der Waals surface area contributed by atoms with Crippen molar-refractivity contribution in [3.63, 3.8) is 0 Å². The minimum Gasteiger partial charge on any atom is -0.375 e. The Hall–Kier alpha value is -1.09. The number of rotatable bonds is 3. The van der Waals surface area contributed by atoms with Gasteiger partial charge in [0.05, 0.1) is 5.69 Å². The minimum absolute atomic E-state index is 0.443. The van der Waals surface area contributed by atoms with E-state index < -0.39 is 35.9 Å². The van der Waals surface area contributed by atoms with Crippen LogP contribution < -0.4 is 0 Å². The zero-order valence-electron chi connectivity index (χ0n) is 10.3. The second-order valence-electron chi connectivity index (χ2n) is 4.48. The summed E-state index contributed by atoms with van der Waals surface area (Å²) < 4.78 is 49.8. The van der Waals surface area contributed by atoms with Crippen molar-refractivity contribution in [3.8, 4) is 0 Å². The number of methoxy groups -OCH3 is 2. The van der Waals surface area contributed by atoms with Crippen LogP contribution in [0.4, 0.5) is 13.2 Å². The van der Waals surface area contributed by atoms with Crippen LogP contribution in [-0.2, 0) is 20.8 Å². The summed E-state index contributed by atoms with van der Waals surface area (Å²) in [6.07, 6.45) is -6.01. The van der Waals surface area contributed by atoms with Crippen LogP contribution in [0, 0.1) is 0 Å². The lowest BCUT2D eigenvalue weighted by Crippen LogP contribution is -2.48. The molecule has 8 heteroatoms. The maximum Gasteiger partial charge on any atom is 0.423 e. The van der Waals surface area contributed by atoms with Crippen molar-refractivity contribution in [2.45, 2.75) is 30.2 Å². The van der Waals surface area contributed by atoms with Gasteiger partial charge in [-0.1, -0.05) is 0 Å². The summed E-state index contributed by atoms with van der Waals surface area (Å²) in [5.41, 5.74) is -5.71. The fraction of sp³-hybridized carbons (Fsp3) is 0.636. The van der Waals surface area contributed by atoms with Gasteiger partial charge in [0.15, 0.2) is 5.72 Å². The van der Waals surface area contributed by atoms with Gasteiger partial charge in [-0.2, -0.15) is 13.2 Å². The van der Waals surface area contributed by atoms with Crippen molar-refractivity contribution >= 4 is 0 Å². The van der Waals surface area contributed by atoms with E-state index in [1.807, 2.05) is 0 Å². The molecular formula is C11H14F3NO4. The van der Waals surface area contributed by atoms with Gasteiger partial charge in [-0.25, -0.2) is 0 Å². The predicted octanol–water partition coefficient (Wildman–Crippen LogP) is 0.906. The monoisotopic (exact) mass is 281 g/mol. The van der Waals surface area contributed by atoms with E-state index in [1.165, 1.54) is 26.5 Å². The molecule has 0 amide bonds. The molecule has 1 aromatic rings. The van der Waals surface area contributed by atoms with Gasteiger partial charge in [0, 0.05) is 26.8 Å². The van der Waals surface area contributed by atoms with E-state index in [-0.39, 0.29) is 0 Å². The molecule has 0 radical (unpaired) electrons. The third-order valence-electron chi connectivity index (χ3n) is 3.38. The van der Waals surface area contributed by atoms with Gasteiger partial charge in [0.1, 0.15) is 0 Å². The first-order chi connectivity index (χ1) is 8.70. The van der Waals surface area contributed by atoms with Crippen molar-refractivity contribution in [2.75, 3.05) is 14.2 Å². The quantitative estimate of drug-likeness (QED) is 0.808. The third-order valence-corrected chi connectivity index (χ3v) is 3.38. The molecule has 19 heavy (non-hydrogen) atoms. The average molecular weight is 281 g/mol. The van der Waals surface area contributed by atoms with E-state index >= 15 is 0 Å². The molecule has 2 atom stereocenters. The highest BCUT2D eigenvalue weighted by atomic mass is 19.4. The van der Waals surface area contributed by atoms with Crippen LogP contribution >= 0.6 is 0 Å². The Morgan fingerprint density at radius 2 is 1.89 bits per heavy atom. The SMILES string of the molecule is COC(OC)C1(O)CC(O)(C(F)(F)F)c2cccn21. The van der Waals surface area contributed by atoms with Crippen LogP contribution in [0.5, 0.6) is 0 Å². The molecule has 2 unspecified atom stereocenters. The highest BCUT2D eigenvalue weighted by molar-refractivity contribution is 5.26. The van der Waals surface area contributed by atoms with Gasteiger partial charge in [-0.15, -0.1) is 0 Å². The molecule has 2 heterocycles. The molecule has 0 saturated carbocycles. The van der Waals surface area contributed by atoms with Gasteiger partial charge in [0.2, 0.25) is 11.9 Å². The largest absolute Gasteiger partial charge is 0.423 e. The number of fused-ring (bicyclic) bond motifs is 1. The van der Waals surface area contributed by atoms with Crippen LogP contribution in [0.3, 0.4) is 0 Å². The lowest BCUT2D eigenvalue weighted by atomic mass is 9.93. The van der Waals surface area contributed by atoms with Crippen molar-refractivity contribution in [3.05, 3.63) is 24.0 Å². The van der Waals surface area contributed by atoms with E-state index in [4.69, 9.17) is 9.47 Å². The molecule has 1 aliphatic rings. The lowest BCUT2D eigenvalue weighted by Gasteiger charge is -2.33. The van der Waals surface area contributed by atoms with Crippen LogP contribution in [0.2, 0.25) is 0 Å². The Morgan fingerprint density at radius 1 is 1.32 bits per heavy atom. The van der Waals surface area contributed by atoms with Crippen molar-refractivity contribution < 1.29 is 32.9 Å². The molecule has 108 valence electrons. The zero-order valence-corrected chi connectivity index (χ0v) is 10.3. The number of halogens is 3.